The molecule has 3 aliphatic rings. The Morgan fingerprint density at radius 2 is 1.86 bits per heavy atom. The van der Waals surface area contributed by atoms with Gasteiger partial charge in [-0.1, -0.05) is 41.4 Å². The third kappa shape index (κ3) is 5.51. The lowest BCUT2D eigenvalue weighted by Crippen LogP contribution is -2.35. The summed E-state index contributed by atoms with van der Waals surface area (Å²) in [5.74, 6) is 0.211. The van der Waals surface area contributed by atoms with E-state index in [4.69, 9.17) is 37.7 Å². The molecule has 0 aliphatic carbocycles. The van der Waals surface area contributed by atoms with Crippen LogP contribution in [0.4, 0.5) is 4.39 Å². The maximum Gasteiger partial charge on any atom is 0.354 e. The smallest absolute Gasteiger partial charge is 0.354 e. The maximum atomic E-state index is 15.3. The number of para-hydroxylation sites is 1. The van der Waals surface area contributed by atoms with Crippen LogP contribution in [0.5, 0.6) is 5.75 Å². The van der Waals surface area contributed by atoms with Gasteiger partial charge in [0.05, 0.1) is 24.8 Å². The van der Waals surface area contributed by atoms with Crippen molar-refractivity contribution in [3.05, 3.63) is 92.9 Å². The van der Waals surface area contributed by atoms with Gasteiger partial charge in [-0.15, -0.1) is 0 Å². The van der Waals surface area contributed by atoms with Gasteiger partial charge < -0.3 is 19.1 Å². The number of pyridine rings is 1. The molecular weight excluding hydrogens is 594 g/mol. The topological polar surface area (TPSA) is 89.7 Å². The summed E-state index contributed by atoms with van der Waals surface area (Å²) in [4.78, 5) is 23.2. The third-order valence-corrected chi connectivity index (χ3v) is 9.14. The molecule has 2 saturated heterocycles. The summed E-state index contributed by atoms with van der Waals surface area (Å²) in [6.07, 6.45) is 3.56. The second-order valence-electron chi connectivity index (χ2n) is 11.3. The molecule has 0 amide bonds. The van der Waals surface area contributed by atoms with Crippen molar-refractivity contribution in [2.75, 3.05) is 19.7 Å². The fourth-order valence-electron chi connectivity index (χ4n) is 6.18. The number of likely N-dealkylation sites (tertiary alicyclic amines) is 1. The average molecular weight is 624 g/mol. The molecule has 2 unspecified atom stereocenters. The van der Waals surface area contributed by atoms with Gasteiger partial charge in [-0.2, -0.15) is 0 Å². The number of imidazole rings is 1. The number of carboxylic acids is 1. The Kier molecular flexibility index (Phi) is 7.59. The van der Waals surface area contributed by atoms with Gasteiger partial charge in [-0.3, -0.25) is 4.90 Å². The Labute approximate surface area is 257 Å². The zero-order chi connectivity index (χ0) is 29.7. The summed E-state index contributed by atoms with van der Waals surface area (Å²) < 4.78 is 29.4. The zero-order valence-electron chi connectivity index (χ0n) is 23.2. The number of nitrogens with zero attached hydrogens (tertiary/aromatic N) is 4. The second kappa shape index (κ2) is 11.5. The molecule has 2 fully saturated rings. The van der Waals surface area contributed by atoms with Crippen LogP contribution < -0.4 is 4.74 Å². The van der Waals surface area contributed by atoms with Crippen molar-refractivity contribution in [2.45, 2.75) is 50.5 Å². The average Bonchev–Trinajstić information content (AvgIpc) is 3.31. The van der Waals surface area contributed by atoms with E-state index in [0.717, 1.165) is 50.3 Å². The van der Waals surface area contributed by atoms with Crippen LogP contribution in [0.2, 0.25) is 10.0 Å². The second-order valence-corrected chi connectivity index (χ2v) is 12.1. The van der Waals surface area contributed by atoms with Gasteiger partial charge in [0.2, 0.25) is 0 Å². The monoisotopic (exact) mass is 622 g/mol. The Morgan fingerprint density at radius 3 is 2.58 bits per heavy atom. The Hall–Kier alpha value is -3.50. The minimum Gasteiger partial charge on any atom is -0.480 e. The summed E-state index contributed by atoms with van der Waals surface area (Å²) in [5, 5.41) is 10.4. The molecule has 2 aromatic heterocycles. The molecular formula is C32H29Cl2FN4O4. The van der Waals surface area contributed by atoms with Crippen LogP contribution in [0.1, 0.15) is 64.3 Å². The number of ether oxygens (including phenoxy) is 2. The fraction of sp³-hybridized carbons (Fsp3) is 0.344. The van der Waals surface area contributed by atoms with E-state index in [0.29, 0.717) is 51.2 Å². The molecule has 4 aromatic rings. The van der Waals surface area contributed by atoms with Crippen molar-refractivity contribution < 1.29 is 23.8 Å². The molecule has 0 bridgehead atoms. The predicted octanol–water partition coefficient (Wildman–Crippen LogP) is 7.05. The van der Waals surface area contributed by atoms with Gasteiger partial charge in [0.1, 0.15) is 29.0 Å². The molecule has 5 heterocycles. The van der Waals surface area contributed by atoms with E-state index >= 15 is 4.39 Å². The highest BCUT2D eigenvalue weighted by molar-refractivity contribution is 6.35. The van der Waals surface area contributed by atoms with Crippen LogP contribution >= 0.6 is 23.2 Å². The molecule has 7 rings (SSSR count). The quantitative estimate of drug-likeness (QED) is 0.236. The van der Waals surface area contributed by atoms with Crippen LogP contribution in [-0.4, -0.2) is 56.3 Å². The van der Waals surface area contributed by atoms with Crippen molar-refractivity contribution in [3.63, 3.8) is 0 Å². The molecule has 0 saturated carbocycles. The molecule has 3 aliphatic heterocycles. The summed E-state index contributed by atoms with van der Waals surface area (Å²) >= 11 is 12.5. The summed E-state index contributed by atoms with van der Waals surface area (Å²) in [6.45, 7) is 3.56. The zero-order valence-corrected chi connectivity index (χ0v) is 24.7. The van der Waals surface area contributed by atoms with E-state index in [-0.39, 0.29) is 23.5 Å². The van der Waals surface area contributed by atoms with Crippen molar-refractivity contribution >= 4 is 46.2 Å². The SMILES string of the molecule is O=C(O)c1ccc2nc(CN3CCC(c4cccc5c4OC(c4ccc(Cl)cc4Cl)C=C5F)CC3)n(CC3CCO3)c2n1. The number of hydrogen-bond acceptors (Lipinski definition) is 6. The van der Waals surface area contributed by atoms with E-state index in [1.54, 1.807) is 30.3 Å². The number of halogens is 3. The van der Waals surface area contributed by atoms with Crippen molar-refractivity contribution in [1.82, 2.24) is 19.4 Å². The predicted molar refractivity (Wildman–Crippen MR) is 161 cm³/mol. The first kappa shape index (κ1) is 28.3. The number of aromatic nitrogens is 3. The molecule has 8 nitrogen and oxygen atoms in total. The highest BCUT2D eigenvalue weighted by atomic mass is 35.5. The molecule has 2 atom stereocenters. The lowest BCUT2D eigenvalue weighted by molar-refractivity contribution is -0.0593. The van der Waals surface area contributed by atoms with Crippen LogP contribution in [0.25, 0.3) is 17.0 Å². The Morgan fingerprint density at radius 1 is 1.05 bits per heavy atom. The van der Waals surface area contributed by atoms with Crippen molar-refractivity contribution in [1.29, 1.82) is 0 Å². The number of hydrogen-bond donors (Lipinski definition) is 1. The van der Waals surface area contributed by atoms with E-state index in [2.05, 4.69) is 9.88 Å². The van der Waals surface area contributed by atoms with Crippen LogP contribution in [0.15, 0.2) is 54.6 Å². The first-order valence-corrected chi connectivity index (χ1v) is 15.2. The minimum atomic E-state index is -1.07. The summed E-state index contributed by atoms with van der Waals surface area (Å²) in [6, 6.07) is 14.0. The molecule has 11 heteroatoms. The summed E-state index contributed by atoms with van der Waals surface area (Å²) in [5.41, 5.74) is 3.36. The Bertz CT molecular complexity index is 1750. The molecule has 0 radical (unpaired) electrons. The standard InChI is InChI=1S/C32H29Cl2FN4O4/c33-19-4-5-22(24(34)14-19)28-15-25(35)23-3-1-2-21(30(23)43-28)18-8-11-38(12-9-18)17-29-36-26-6-7-27(32(40)41)37-31(26)39(29)16-20-10-13-42-20/h1-7,14-15,18,20,28H,8-13,16-17H2,(H,40,41). The van der Waals surface area contributed by atoms with E-state index in [1.807, 2.05) is 16.7 Å². The van der Waals surface area contributed by atoms with Gasteiger partial charge in [0, 0.05) is 22.2 Å². The molecule has 43 heavy (non-hydrogen) atoms. The van der Waals surface area contributed by atoms with Gasteiger partial charge >= 0.3 is 5.97 Å². The van der Waals surface area contributed by atoms with Crippen LogP contribution in [0.3, 0.4) is 0 Å². The Balaban J connectivity index is 1.10. The number of benzene rings is 2. The summed E-state index contributed by atoms with van der Waals surface area (Å²) in [7, 11) is 0. The van der Waals surface area contributed by atoms with Gasteiger partial charge in [0.25, 0.3) is 0 Å². The van der Waals surface area contributed by atoms with Gasteiger partial charge in [-0.25, -0.2) is 19.2 Å². The van der Waals surface area contributed by atoms with E-state index in [1.165, 1.54) is 12.1 Å². The molecule has 2 aromatic carbocycles. The van der Waals surface area contributed by atoms with Gasteiger partial charge in [0.15, 0.2) is 11.3 Å². The lowest BCUT2D eigenvalue weighted by Gasteiger charge is -2.34. The first-order chi connectivity index (χ1) is 20.8. The van der Waals surface area contributed by atoms with Crippen molar-refractivity contribution in [2.24, 2.45) is 0 Å². The third-order valence-electron chi connectivity index (χ3n) is 8.58. The number of carbonyl (C=O) groups is 1. The number of rotatable bonds is 7. The molecule has 1 N–H and O–H groups in total. The lowest BCUT2D eigenvalue weighted by atomic mass is 9.86. The highest BCUT2D eigenvalue weighted by Gasteiger charge is 2.31. The molecule has 0 spiro atoms. The number of carboxylic acid groups (broad SMARTS) is 1. The highest BCUT2D eigenvalue weighted by Crippen LogP contribution is 2.45. The van der Waals surface area contributed by atoms with E-state index < -0.39 is 12.1 Å². The largest absolute Gasteiger partial charge is 0.480 e. The minimum absolute atomic E-state index is 0.00388. The fourth-order valence-corrected chi connectivity index (χ4v) is 6.70. The first-order valence-electron chi connectivity index (χ1n) is 14.4. The maximum absolute atomic E-state index is 15.3. The van der Waals surface area contributed by atoms with E-state index in [9.17, 15) is 9.90 Å². The number of piperidine rings is 1. The normalized spacial score (nSPS) is 20.8. The van der Waals surface area contributed by atoms with Crippen LogP contribution in [-0.2, 0) is 17.8 Å². The van der Waals surface area contributed by atoms with Crippen LogP contribution in [0, 0.1) is 0 Å². The number of aromatic carboxylic acids is 1. The number of fused-ring (bicyclic) bond motifs is 2. The van der Waals surface area contributed by atoms with Gasteiger partial charge in [-0.05, 0) is 80.2 Å². The molecule has 222 valence electrons. The van der Waals surface area contributed by atoms with Crippen molar-refractivity contribution in [3.8, 4) is 5.75 Å².